The molecule has 13 atom stereocenters. The van der Waals surface area contributed by atoms with Gasteiger partial charge in [0.15, 0.2) is 28.7 Å². The van der Waals surface area contributed by atoms with E-state index in [4.69, 9.17) is 42.3 Å². The van der Waals surface area contributed by atoms with Gasteiger partial charge in [0.05, 0.1) is 32.5 Å². The van der Waals surface area contributed by atoms with Crippen molar-refractivity contribution in [1.29, 1.82) is 0 Å². The average molecular weight is 733 g/mol. The molecule has 0 unspecified atom stereocenters. The van der Waals surface area contributed by atoms with E-state index in [-0.39, 0.29) is 24.8 Å². The lowest BCUT2D eigenvalue weighted by molar-refractivity contribution is -0.486. The first kappa shape index (κ1) is 36.5. The minimum absolute atomic E-state index is 0.0792. The molecule has 7 rings (SSSR count). The number of methoxy groups -OCH3 is 2. The van der Waals surface area contributed by atoms with E-state index in [9.17, 15) is 33.9 Å². The van der Waals surface area contributed by atoms with Crippen molar-refractivity contribution in [3.05, 3.63) is 24.2 Å². The first-order valence-corrected chi connectivity index (χ1v) is 17.2. The number of hydrogen-bond donors (Lipinski definition) is 1. The minimum atomic E-state index is -2.49. The molecule has 1 N–H and O–H groups in total. The van der Waals surface area contributed by atoms with Crippen LogP contribution in [-0.4, -0.2) is 102 Å². The molecule has 16 nitrogen and oxygen atoms in total. The highest BCUT2D eigenvalue weighted by Crippen LogP contribution is 2.89. The zero-order valence-corrected chi connectivity index (χ0v) is 30.5. The van der Waals surface area contributed by atoms with E-state index in [0.717, 1.165) is 21.0 Å². The first-order valence-electron chi connectivity index (χ1n) is 17.2. The minimum Gasteiger partial charge on any atom is -0.472 e. The van der Waals surface area contributed by atoms with Crippen molar-refractivity contribution >= 4 is 35.6 Å². The van der Waals surface area contributed by atoms with Crippen molar-refractivity contribution in [2.45, 2.75) is 121 Å². The quantitative estimate of drug-likeness (QED) is 0.219. The second-order valence-electron chi connectivity index (χ2n) is 15.9. The van der Waals surface area contributed by atoms with Crippen molar-refractivity contribution in [2.24, 2.45) is 28.1 Å². The predicted octanol–water partition coefficient (Wildman–Crippen LogP) is 2.17. The number of carbonyl (C=O) groups is 6. The molecule has 6 fully saturated rings. The Balaban J connectivity index is 1.66. The van der Waals surface area contributed by atoms with Gasteiger partial charge in [-0.1, -0.05) is 20.8 Å². The number of esters is 5. The van der Waals surface area contributed by atoms with Crippen LogP contribution >= 0.6 is 0 Å². The summed E-state index contributed by atoms with van der Waals surface area (Å²) in [7, 11) is 2.37. The number of furan rings is 1. The van der Waals surface area contributed by atoms with Crippen LogP contribution in [0.4, 0.5) is 0 Å². The second kappa shape index (κ2) is 10.9. The van der Waals surface area contributed by atoms with Gasteiger partial charge in [-0.05, 0) is 18.4 Å². The Hall–Kier alpha value is -3.86. The number of ether oxygens (including phenoxy) is 8. The van der Waals surface area contributed by atoms with Gasteiger partial charge in [-0.25, -0.2) is 0 Å². The van der Waals surface area contributed by atoms with Gasteiger partial charge < -0.3 is 47.4 Å². The molecule has 52 heavy (non-hydrogen) atoms. The zero-order chi connectivity index (χ0) is 38.2. The summed E-state index contributed by atoms with van der Waals surface area (Å²) in [5, 5.41) is 13.7. The third-order valence-corrected chi connectivity index (χ3v) is 13.5. The highest BCUT2D eigenvalue weighted by molar-refractivity contribution is 6.01. The topological polar surface area (TPSA) is 210 Å². The fraction of sp³-hybridized carbons (Fsp3) is 0.722. The van der Waals surface area contributed by atoms with Crippen LogP contribution in [-0.2, 0) is 61.9 Å². The number of carbonyl (C=O) groups excluding carboxylic acids is 6. The Morgan fingerprint density at radius 2 is 1.38 bits per heavy atom. The van der Waals surface area contributed by atoms with Gasteiger partial charge in [0, 0.05) is 62.7 Å². The van der Waals surface area contributed by atoms with Crippen molar-refractivity contribution in [3.63, 3.8) is 0 Å². The lowest BCUT2D eigenvalue weighted by atomic mass is 9.33. The molecule has 2 aliphatic heterocycles. The Labute approximate surface area is 299 Å². The Kier molecular flexibility index (Phi) is 7.62. The smallest absolute Gasteiger partial charge is 0.305 e. The summed E-state index contributed by atoms with van der Waals surface area (Å²) in [5.74, 6) is -8.95. The molecule has 0 amide bonds. The summed E-state index contributed by atoms with van der Waals surface area (Å²) in [6.45, 7) is 9.85. The molecule has 284 valence electrons. The molecular formula is C36H44O16. The second-order valence-corrected chi connectivity index (χ2v) is 15.9. The van der Waals surface area contributed by atoms with Crippen molar-refractivity contribution in [3.8, 4) is 0 Å². The van der Waals surface area contributed by atoms with Gasteiger partial charge in [0.1, 0.15) is 24.1 Å². The molecular weight excluding hydrogens is 688 g/mol. The third-order valence-electron chi connectivity index (χ3n) is 13.5. The van der Waals surface area contributed by atoms with E-state index < -0.39 is 117 Å². The van der Waals surface area contributed by atoms with Crippen LogP contribution in [0.2, 0.25) is 0 Å². The van der Waals surface area contributed by atoms with Gasteiger partial charge in [0.2, 0.25) is 0 Å². The molecule has 1 aromatic rings. The van der Waals surface area contributed by atoms with Crippen LogP contribution in [0, 0.1) is 28.1 Å². The van der Waals surface area contributed by atoms with Gasteiger partial charge >= 0.3 is 29.8 Å². The Bertz CT molecular complexity index is 1770. The largest absolute Gasteiger partial charge is 0.472 e. The molecule has 2 spiro atoms. The standard InChI is InChI=1S/C36H44O16/c1-17(37)47-23-14-29(4,26(42)20-10-11-46-15-20)22(13-25(41)45-9)35-28(49-19(3)39)34(43)27(48-18(2)38)30(5)16-33(34)31(6,21(30)12-24(40)44-8)36(23,35)52-32(7,50-33)51-35/h10-11,15,21-23,27-28,43H,12-14,16H2,1-9H3/t21-,22+,23+,27-,28+,29+,30+,31+,32+,33+,34-,35+,36-/m0/s1. The third kappa shape index (κ3) is 3.86. The van der Waals surface area contributed by atoms with Crippen LogP contribution in [0.3, 0.4) is 0 Å². The van der Waals surface area contributed by atoms with E-state index in [1.807, 2.05) is 0 Å². The molecule has 1 aromatic heterocycles. The lowest BCUT2D eigenvalue weighted by Crippen LogP contribution is -2.96. The normalized spacial score (nSPS) is 47.3. The van der Waals surface area contributed by atoms with E-state index in [0.29, 0.717) is 0 Å². The molecule has 4 bridgehead atoms. The highest BCUT2D eigenvalue weighted by Gasteiger charge is 3.05. The van der Waals surface area contributed by atoms with Crippen LogP contribution in [0.1, 0.15) is 84.5 Å². The summed E-state index contributed by atoms with van der Waals surface area (Å²) in [6, 6.07) is 1.43. The van der Waals surface area contributed by atoms with Gasteiger partial charge in [-0.2, -0.15) is 0 Å². The molecule has 0 aromatic carbocycles. The first-order chi connectivity index (χ1) is 24.1. The summed E-state index contributed by atoms with van der Waals surface area (Å²) >= 11 is 0. The van der Waals surface area contributed by atoms with E-state index in [1.165, 1.54) is 39.5 Å². The fourth-order valence-electron chi connectivity index (χ4n) is 12.3. The van der Waals surface area contributed by atoms with Gasteiger partial charge in [-0.15, -0.1) is 0 Å². The molecule has 3 heterocycles. The van der Waals surface area contributed by atoms with E-state index in [1.54, 1.807) is 20.8 Å². The molecule has 16 heteroatoms. The Morgan fingerprint density at radius 1 is 0.808 bits per heavy atom. The molecule has 6 aliphatic rings. The van der Waals surface area contributed by atoms with E-state index >= 15 is 0 Å². The molecule has 4 saturated carbocycles. The molecule has 4 aliphatic carbocycles. The van der Waals surface area contributed by atoms with Crippen molar-refractivity contribution in [1.82, 2.24) is 0 Å². The SMILES string of the molecule is COC(=O)C[C@H]1[C@@]2(C)C[C@]34O[C@]5(C)O[C@@]6([C@H](OC(C)=O)[C@@]3(O)[C@H]2OC(C)=O)[C@H](CC(=O)OC)[C@](C)(C(=O)c2ccoc2)C[C@@H](OC(C)=O)[C@]6(O5)[C@]14C. The number of hydrogen-bond acceptors (Lipinski definition) is 16. The van der Waals surface area contributed by atoms with Gasteiger partial charge in [-0.3, -0.25) is 28.8 Å². The number of rotatable bonds is 9. The molecule has 0 radical (unpaired) electrons. The summed E-state index contributed by atoms with van der Waals surface area (Å²) in [5.41, 5.74) is -13.4. The van der Waals surface area contributed by atoms with Crippen LogP contribution in [0.5, 0.6) is 0 Å². The predicted molar refractivity (Wildman–Crippen MR) is 168 cm³/mol. The summed E-state index contributed by atoms with van der Waals surface area (Å²) in [4.78, 5) is 81.4. The maximum absolute atomic E-state index is 14.9. The van der Waals surface area contributed by atoms with Crippen LogP contribution in [0.15, 0.2) is 23.0 Å². The lowest BCUT2D eigenvalue weighted by Gasteiger charge is -2.77. The van der Waals surface area contributed by atoms with E-state index in [2.05, 4.69) is 0 Å². The zero-order valence-electron chi connectivity index (χ0n) is 30.5. The monoisotopic (exact) mass is 732 g/mol. The number of ketones is 1. The fourth-order valence-corrected chi connectivity index (χ4v) is 12.3. The molecule has 2 saturated heterocycles. The maximum Gasteiger partial charge on any atom is 0.305 e. The number of aliphatic hydroxyl groups is 1. The number of fused-ring (bicyclic) bond motifs is 2. The summed E-state index contributed by atoms with van der Waals surface area (Å²) < 4.78 is 54.9. The van der Waals surface area contributed by atoms with Crippen LogP contribution < -0.4 is 0 Å². The summed E-state index contributed by atoms with van der Waals surface area (Å²) in [6.07, 6.45) is -3.58. The Morgan fingerprint density at radius 3 is 1.92 bits per heavy atom. The van der Waals surface area contributed by atoms with Gasteiger partial charge in [0.25, 0.3) is 5.97 Å². The average Bonchev–Trinajstić information content (AvgIpc) is 3.75. The van der Waals surface area contributed by atoms with Crippen LogP contribution in [0.25, 0.3) is 0 Å². The highest BCUT2D eigenvalue weighted by atomic mass is 16.9. The maximum atomic E-state index is 14.9. The van der Waals surface area contributed by atoms with Crippen molar-refractivity contribution < 1.29 is 76.2 Å². The number of Topliss-reactive ketones (excluding diaryl/α,β-unsaturated/α-hetero) is 1. The van der Waals surface area contributed by atoms with Crippen molar-refractivity contribution in [2.75, 3.05) is 14.2 Å².